The van der Waals surface area contributed by atoms with Gasteiger partial charge < -0.3 is 5.73 Å². The quantitative estimate of drug-likeness (QED) is 0.697. The van der Waals surface area contributed by atoms with Crippen LogP contribution in [0.15, 0.2) is 36.5 Å². The van der Waals surface area contributed by atoms with E-state index < -0.39 is 5.91 Å². The normalized spacial score (nSPS) is 9.54. The van der Waals surface area contributed by atoms with Gasteiger partial charge in [0.25, 0.3) is 0 Å². The molecule has 0 atom stereocenters. The summed E-state index contributed by atoms with van der Waals surface area (Å²) in [4.78, 5) is 14.7. The third-order valence-electron chi connectivity index (χ3n) is 1.76. The molecule has 0 radical (unpaired) electrons. The second kappa shape index (κ2) is 4.40. The molecule has 0 saturated carbocycles. The lowest BCUT2D eigenvalue weighted by Crippen LogP contribution is -2.13. The number of hydrogen-bond donors (Lipinski definition) is 1. The smallest absolute Gasteiger partial charge is 0.244 e. The zero-order valence-corrected chi connectivity index (χ0v) is 7.36. The number of carbonyl (C=O) groups excluding carboxylic acids is 1. The number of pyridine rings is 1. The molecule has 0 bridgehead atoms. The highest BCUT2D eigenvalue weighted by molar-refractivity contribution is 5.91. The molecule has 2 N–H and O–H groups in total. The van der Waals surface area contributed by atoms with Crippen molar-refractivity contribution in [1.82, 2.24) is 4.98 Å². The van der Waals surface area contributed by atoms with Crippen molar-refractivity contribution in [2.75, 3.05) is 0 Å². The molecular weight excluding hydrogens is 164 g/mol. The lowest BCUT2D eigenvalue weighted by Gasteiger charge is -2.00. The van der Waals surface area contributed by atoms with Crippen LogP contribution < -0.4 is 5.73 Å². The number of aromatic nitrogens is 1. The molecule has 0 aliphatic heterocycles. The summed E-state index contributed by atoms with van der Waals surface area (Å²) in [6, 6.07) is 5.68. The SMILES string of the molecule is C=C(CCc1ccccn1)C(N)=O. The fourth-order valence-corrected chi connectivity index (χ4v) is 0.948. The van der Waals surface area contributed by atoms with E-state index in [0.717, 1.165) is 5.69 Å². The fourth-order valence-electron chi connectivity index (χ4n) is 0.948. The van der Waals surface area contributed by atoms with Gasteiger partial charge in [-0.3, -0.25) is 9.78 Å². The Bertz CT molecular complexity index is 306. The highest BCUT2D eigenvalue weighted by Crippen LogP contribution is 2.04. The van der Waals surface area contributed by atoms with Crippen LogP contribution in [-0.2, 0) is 11.2 Å². The Morgan fingerprint density at radius 1 is 1.54 bits per heavy atom. The molecule has 0 saturated heterocycles. The summed E-state index contributed by atoms with van der Waals surface area (Å²) in [5.41, 5.74) is 6.44. The molecule has 0 aliphatic carbocycles. The molecule has 1 aromatic heterocycles. The van der Waals surface area contributed by atoms with Crippen molar-refractivity contribution >= 4 is 5.91 Å². The third-order valence-corrected chi connectivity index (χ3v) is 1.76. The van der Waals surface area contributed by atoms with E-state index in [2.05, 4.69) is 11.6 Å². The lowest BCUT2D eigenvalue weighted by atomic mass is 10.1. The Morgan fingerprint density at radius 2 is 2.31 bits per heavy atom. The fraction of sp³-hybridized carbons (Fsp3) is 0.200. The van der Waals surface area contributed by atoms with Crippen LogP contribution in [0.25, 0.3) is 0 Å². The maximum atomic E-state index is 10.6. The molecular formula is C10H12N2O. The van der Waals surface area contributed by atoms with Gasteiger partial charge in [0.15, 0.2) is 0 Å². The van der Waals surface area contributed by atoms with Crippen molar-refractivity contribution in [3.05, 3.63) is 42.2 Å². The van der Waals surface area contributed by atoms with Crippen molar-refractivity contribution in [2.45, 2.75) is 12.8 Å². The monoisotopic (exact) mass is 176 g/mol. The Balaban J connectivity index is 2.44. The number of nitrogens with two attached hydrogens (primary N) is 1. The molecule has 68 valence electrons. The Kier molecular flexibility index (Phi) is 3.20. The third kappa shape index (κ3) is 3.07. The zero-order valence-electron chi connectivity index (χ0n) is 7.36. The van der Waals surface area contributed by atoms with E-state index in [1.807, 2.05) is 18.2 Å². The van der Waals surface area contributed by atoms with Gasteiger partial charge in [-0.05, 0) is 25.0 Å². The van der Waals surface area contributed by atoms with Crippen LogP contribution >= 0.6 is 0 Å². The zero-order chi connectivity index (χ0) is 9.68. The van der Waals surface area contributed by atoms with E-state index in [1.165, 1.54) is 0 Å². The minimum absolute atomic E-state index is 0.434. The van der Waals surface area contributed by atoms with Crippen molar-refractivity contribution in [2.24, 2.45) is 5.73 Å². The first kappa shape index (κ1) is 9.45. The molecule has 0 spiro atoms. The molecule has 1 rings (SSSR count). The number of nitrogens with zero attached hydrogens (tertiary/aromatic N) is 1. The van der Waals surface area contributed by atoms with Gasteiger partial charge in [-0.2, -0.15) is 0 Å². The summed E-state index contributed by atoms with van der Waals surface area (Å²) in [6.45, 7) is 3.57. The average Bonchev–Trinajstić information content (AvgIpc) is 2.15. The summed E-state index contributed by atoms with van der Waals surface area (Å²) in [6.07, 6.45) is 3.01. The van der Waals surface area contributed by atoms with E-state index in [1.54, 1.807) is 6.20 Å². The number of primary amides is 1. The van der Waals surface area contributed by atoms with Gasteiger partial charge in [-0.1, -0.05) is 12.6 Å². The highest BCUT2D eigenvalue weighted by atomic mass is 16.1. The van der Waals surface area contributed by atoms with E-state index in [-0.39, 0.29) is 0 Å². The van der Waals surface area contributed by atoms with Gasteiger partial charge in [0.1, 0.15) is 0 Å². The Hall–Kier alpha value is -1.64. The van der Waals surface area contributed by atoms with Gasteiger partial charge in [0.05, 0.1) is 0 Å². The van der Waals surface area contributed by atoms with Crippen molar-refractivity contribution in [3.63, 3.8) is 0 Å². The number of aryl methyl sites for hydroxylation is 1. The van der Waals surface area contributed by atoms with Gasteiger partial charge in [0, 0.05) is 17.5 Å². The van der Waals surface area contributed by atoms with Crippen LogP contribution in [0.4, 0.5) is 0 Å². The van der Waals surface area contributed by atoms with Crippen LogP contribution in [0.5, 0.6) is 0 Å². The topological polar surface area (TPSA) is 56.0 Å². The van der Waals surface area contributed by atoms with Crippen molar-refractivity contribution in [3.8, 4) is 0 Å². The molecule has 0 fully saturated rings. The van der Waals surface area contributed by atoms with Crippen LogP contribution in [0.3, 0.4) is 0 Å². The van der Waals surface area contributed by atoms with Crippen molar-refractivity contribution < 1.29 is 4.79 Å². The molecule has 0 aliphatic rings. The molecule has 0 aromatic carbocycles. The first-order chi connectivity index (χ1) is 6.20. The first-order valence-corrected chi connectivity index (χ1v) is 4.07. The molecule has 3 nitrogen and oxygen atoms in total. The minimum atomic E-state index is -0.434. The van der Waals surface area contributed by atoms with Crippen LogP contribution in [0.2, 0.25) is 0 Å². The number of carbonyl (C=O) groups is 1. The lowest BCUT2D eigenvalue weighted by molar-refractivity contribution is -0.114. The van der Waals surface area contributed by atoms with E-state index >= 15 is 0 Å². The number of amides is 1. The molecule has 1 aromatic rings. The summed E-state index contributed by atoms with van der Waals surface area (Å²) >= 11 is 0. The summed E-state index contributed by atoms with van der Waals surface area (Å²) in [7, 11) is 0. The molecule has 0 unspecified atom stereocenters. The van der Waals surface area contributed by atoms with Crippen LogP contribution in [0, 0.1) is 0 Å². The van der Waals surface area contributed by atoms with E-state index in [9.17, 15) is 4.79 Å². The second-order valence-corrected chi connectivity index (χ2v) is 2.79. The Labute approximate surface area is 77.3 Å². The first-order valence-electron chi connectivity index (χ1n) is 4.07. The Morgan fingerprint density at radius 3 is 2.85 bits per heavy atom. The maximum Gasteiger partial charge on any atom is 0.244 e. The summed E-state index contributed by atoms with van der Waals surface area (Å²) in [5.74, 6) is -0.434. The predicted molar refractivity (Wildman–Crippen MR) is 50.9 cm³/mol. The van der Waals surface area contributed by atoms with E-state index in [4.69, 9.17) is 5.73 Å². The average molecular weight is 176 g/mol. The molecule has 13 heavy (non-hydrogen) atoms. The van der Waals surface area contributed by atoms with Gasteiger partial charge in [0.2, 0.25) is 5.91 Å². The maximum absolute atomic E-state index is 10.6. The van der Waals surface area contributed by atoms with Crippen LogP contribution in [0.1, 0.15) is 12.1 Å². The van der Waals surface area contributed by atoms with Crippen LogP contribution in [-0.4, -0.2) is 10.9 Å². The predicted octanol–water partition coefficient (Wildman–Crippen LogP) is 1.06. The van der Waals surface area contributed by atoms with Gasteiger partial charge in [-0.25, -0.2) is 0 Å². The number of rotatable bonds is 4. The molecule has 1 amide bonds. The second-order valence-electron chi connectivity index (χ2n) is 2.79. The van der Waals surface area contributed by atoms with E-state index in [0.29, 0.717) is 18.4 Å². The minimum Gasteiger partial charge on any atom is -0.366 e. The summed E-state index contributed by atoms with van der Waals surface area (Å²) in [5, 5.41) is 0. The summed E-state index contributed by atoms with van der Waals surface area (Å²) < 4.78 is 0. The largest absolute Gasteiger partial charge is 0.366 e. The molecule has 1 heterocycles. The highest BCUT2D eigenvalue weighted by Gasteiger charge is 2.01. The van der Waals surface area contributed by atoms with Gasteiger partial charge in [-0.15, -0.1) is 0 Å². The number of hydrogen-bond acceptors (Lipinski definition) is 2. The standard InChI is InChI=1S/C10H12N2O/c1-8(10(11)13)5-6-9-4-2-3-7-12-9/h2-4,7H,1,5-6H2,(H2,11,13). The van der Waals surface area contributed by atoms with Crippen molar-refractivity contribution in [1.29, 1.82) is 0 Å². The van der Waals surface area contributed by atoms with Gasteiger partial charge >= 0.3 is 0 Å². The molecule has 3 heteroatoms.